The van der Waals surface area contributed by atoms with Gasteiger partial charge in [-0.3, -0.25) is 9.69 Å². The highest BCUT2D eigenvalue weighted by Crippen LogP contribution is 2.26. The molecule has 0 radical (unpaired) electrons. The number of aliphatic carboxylic acids is 1. The van der Waals surface area contributed by atoms with Gasteiger partial charge in [-0.2, -0.15) is 0 Å². The molecule has 2 aliphatic rings. The van der Waals surface area contributed by atoms with Crippen LogP contribution in [0.5, 0.6) is 0 Å². The number of carboxylic acids is 1. The average Bonchev–Trinajstić information content (AvgIpc) is 2.62. The summed E-state index contributed by atoms with van der Waals surface area (Å²) in [6, 6.07) is 1.21. The van der Waals surface area contributed by atoms with Crippen LogP contribution in [0.15, 0.2) is 0 Å². The molecule has 0 aliphatic carbocycles. The normalized spacial score (nSPS) is 31.5. The number of piperidine rings is 1. The number of carboxylic acid groups (broad SMARTS) is 1. The molecule has 2 heterocycles. The molecule has 4 heteroatoms. The van der Waals surface area contributed by atoms with Crippen LogP contribution in [0.2, 0.25) is 0 Å². The average molecular weight is 212 g/mol. The van der Waals surface area contributed by atoms with E-state index in [-0.39, 0.29) is 6.42 Å². The molecule has 0 spiro atoms. The molecule has 2 saturated heterocycles. The van der Waals surface area contributed by atoms with Gasteiger partial charge in [-0.1, -0.05) is 6.42 Å². The molecule has 0 aromatic carbocycles. The molecule has 2 aliphatic heterocycles. The summed E-state index contributed by atoms with van der Waals surface area (Å²) in [5.41, 5.74) is 0. The van der Waals surface area contributed by atoms with E-state index in [4.69, 9.17) is 5.11 Å². The van der Waals surface area contributed by atoms with E-state index in [1.807, 2.05) is 0 Å². The highest BCUT2D eigenvalue weighted by Gasteiger charge is 2.34. The van der Waals surface area contributed by atoms with Crippen LogP contribution < -0.4 is 5.32 Å². The van der Waals surface area contributed by atoms with Crippen molar-refractivity contribution in [3.8, 4) is 0 Å². The fourth-order valence-corrected chi connectivity index (χ4v) is 2.85. The number of rotatable bonds is 4. The Morgan fingerprint density at radius 2 is 2.20 bits per heavy atom. The van der Waals surface area contributed by atoms with Gasteiger partial charge >= 0.3 is 5.97 Å². The SMILES string of the molecule is O=C(O)CCNC1CCN2CCCCC12. The van der Waals surface area contributed by atoms with Crippen LogP contribution in [0.25, 0.3) is 0 Å². The lowest BCUT2D eigenvalue weighted by molar-refractivity contribution is -0.136. The second kappa shape index (κ2) is 4.94. The van der Waals surface area contributed by atoms with Gasteiger partial charge in [0, 0.05) is 25.2 Å². The van der Waals surface area contributed by atoms with Crippen molar-refractivity contribution in [3.63, 3.8) is 0 Å². The first-order chi connectivity index (χ1) is 7.27. The van der Waals surface area contributed by atoms with Gasteiger partial charge in [0.25, 0.3) is 0 Å². The Hall–Kier alpha value is -0.610. The molecule has 2 rings (SSSR count). The third kappa shape index (κ3) is 2.69. The zero-order chi connectivity index (χ0) is 10.7. The van der Waals surface area contributed by atoms with Crippen LogP contribution in [-0.2, 0) is 4.79 Å². The molecular formula is C11H20N2O2. The zero-order valence-corrected chi connectivity index (χ0v) is 9.11. The fourth-order valence-electron chi connectivity index (χ4n) is 2.85. The molecule has 0 bridgehead atoms. The van der Waals surface area contributed by atoms with E-state index in [0.717, 1.165) is 0 Å². The maximum absolute atomic E-state index is 10.4. The van der Waals surface area contributed by atoms with Crippen molar-refractivity contribution in [1.29, 1.82) is 0 Å². The lowest BCUT2D eigenvalue weighted by Gasteiger charge is -2.32. The molecule has 0 aromatic rings. The Morgan fingerprint density at radius 1 is 1.33 bits per heavy atom. The van der Waals surface area contributed by atoms with Crippen LogP contribution in [-0.4, -0.2) is 47.7 Å². The summed E-state index contributed by atoms with van der Waals surface area (Å²) in [7, 11) is 0. The topological polar surface area (TPSA) is 52.6 Å². The van der Waals surface area contributed by atoms with Crippen LogP contribution in [0.1, 0.15) is 32.1 Å². The Kier molecular flexibility index (Phi) is 3.59. The molecule has 2 N–H and O–H groups in total. The summed E-state index contributed by atoms with van der Waals surface area (Å²) in [4.78, 5) is 13.0. The number of fused-ring (bicyclic) bond motifs is 1. The summed E-state index contributed by atoms with van der Waals surface area (Å²) in [5.74, 6) is -0.707. The minimum absolute atomic E-state index is 0.239. The van der Waals surface area contributed by atoms with Gasteiger partial charge in [0.2, 0.25) is 0 Å². The van der Waals surface area contributed by atoms with Gasteiger partial charge < -0.3 is 10.4 Å². The number of hydrogen-bond acceptors (Lipinski definition) is 3. The van der Waals surface area contributed by atoms with Gasteiger partial charge in [-0.15, -0.1) is 0 Å². The summed E-state index contributed by atoms with van der Waals surface area (Å²) >= 11 is 0. The minimum atomic E-state index is -0.707. The molecule has 0 saturated carbocycles. The number of hydrogen-bond donors (Lipinski definition) is 2. The van der Waals surface area contributed by atoms with Crippen LogP contribution in [0, 0.1) is 0 Å². The zero-order valence-electron chi connectivity index (χ0n) is 9.11. The van der Waals surface area contributed by atoms with Gasteiger partial charge in [0.05, 0.1) is 6.42 Å². The summed E-state index contributed by atoms with van der Waals surface area (Å²) in [6.07, 6.45) is 5.37. The molecule has 2 unspecified atom stereocenters. The smallest absolute Gasteiger partial charge is 0.304 e. The van der Waals surface area contributed by atoms with Gasteiger partial charge in [-0.25, -0.2) is 0 Å². The lowest BCUT2D eigenvalue weighted by Crippen LogP contribution is -2.45. The Bertz CT molecular complexity index is 233. The monoisotopic (exact) mass is 212 g/mol. The highest BCUT2D eigenvalue weighted by atomic mass is 16.4. The van der Waals surface area contributed by atoms with Gasteiger partial charge in [0.1, 0.15) is 0 Å². The Balaban J connectivity index is 1.75. The third-order valence-corrected chi connectivity index (χ3v) is 3.60. The van der Waals surface area contributed by atoms with Crippen molar-refractivity contribution in [2.24, 2.45) is 0 Å². The van der Waals surface area contributed by atoms with E-state index < -0.39 is 5.97 Å². The molecule has 4 nitrogen and oxygen atoms in total. The van der Waals surface area contributed by atoms with E-state index in [9.17, 15) is 4.79 Å². The number of nitrogens with one attached hydrogen (secondary N) is 1. The van der Waals surface area contributed by atoms with Gasteiger partial charge in [0.15, 0.2) is 0 Å². The highest BCUT2D eigenvalue weighted by molar-refractivity contribution is 5.66. The second-order valence-electron chi connectivity index (χ2n) is 4.59. The first-order valence-electron chi connectivity index (χ1n) is 5.96. The standard InChI is InChI=1S/C11H20N2O2/c14-11(15)4-6-12-9-5-8-13-7-2-1-3-10(9)13/h9-10,12H,1-8H2,(H,14,15). The van der Waals surface area contributed by atoms with Gasteiger partial charge in [-0.05, 0) is 25.8 Å². The molecule has 0 aromatic heterocycles. The summed E-state index contributed by atoms with van der Waals surface area (Å²) < 4.78 is 0. The van der Waals surface area contributed by atoms with Crippen LogP contribution in [0.3, 0.4) is 0 Å². The first-order valence-corrected chi connectivity index (χ1v) is 5.96. The number of nitrogens with zero attached hydrogens (tertiary/aromatic N) is 1. The summed E-state index contributed by atoms with van der Waals surface area (Å²) in [6.45, 7) is 3.04. The van der Waals surface area contributed by atoms with Crippen molar-refractivity contribution < 1.29 is 9.90 Å². The van der Waals surface area contributed by atoms with E-state index in [1.165, 1.54) is 38.8 Å². The predicted molar refractivity (Wildman–Crippen MR) is 57.9 cm³/mol. The maximum Gasteiger partial charge on any atom is 0.304 e. The molecular weight excluding hydrogens is 192 g/mol. The fraction of sp³-hybridized carbons (Fsp3) is 0.909. The molecule has 15 heavy (non-hydrogen) atoms. The van der Waals surface area contributed by atoms with Crippen molar-refractivity contribution in [3.05, 3.63) is 0 Å². The number of carbonyl (C=O) groups is 1. The van der Waals surface area contributed by atoms with E-state index in [2.05, 4.69) is 10.2 Å². The molecule has 2 fully saturated rings. The van der Waals surface area contributed by atoms with E-state index in [1.54, 1.807) is 0 Å². The third-order valence-electron chi connectivity index (χ3n) is 3.60. The molecule has 0 amide bonds. The molecule has 86 valence electrons. The van der Waals surface area contributed by atoms with E-state index in [0.29, 0.717) is 18.6 Å². The van der Waals surface area contributed by atoms with Crippen molar-refractivity contribution in [2.75, 3.05) is 19.6 Å². The van der Waals surface area contributed by atoms with Crippen LogP contribution >= 0.6 is 0 Å². The second-order valence-corrected chi connectivity index (χ2v) is 4.59. The van der Waals surface area contributed by atoms with Crippen molar-refractivity contribution in [1.82, 2.24) is 10.2 Å². The van der Waals surface area contributed by atoms with Crippen molar-refractivity contribution >= 4 is 5.97 Å². The largest absolute Gasteiger partial charge is 0.481 e. The molecule has 2 atom stereocenters. The minimum Gasteiger partial charge on any atom is -0.481 e. The maximum atomic E-state index is 10.4. The Morgan fingerprint density at radius 3 is 3.00 bits per heavy atom. The van der Waals surface area contributed by atoms with Crippen molar-refractivity contribution in [2.45, 2.75) is 44.2 Å². The van der Waals surface area contributed by atoms with E-state index >= 15 is 0 Å². The predicted octanol–water partition coefficient (Wildman–Crippen LogP) is 0.677. The first kappa shape index (κ1) is 10.9. The quantitative estimate of drug-likeness (QED) is 0.719. The Labute approximate surface area is 90.6 Å². The summed E-state index contributed by atoms with van der Waals surface area (Å²) in [5, 5.41) is 12.0. The van der Waals surface area contributed by atoms with Crippen LogP contribution in [0.4, 0.5) is 0 Å². The lowest BCUT2D eigenvalue weighted by atomic mass is 9.99.